The molecule has 182 valence electrons. The normalized spacial score (nSPS) is 11.7. The van der Waals surface area contributed by atoms with Gasteiger partial charge in [0.25, 0.3) is 5.56 Å². The van der Waals surface area contributed by atoms with Crippen molar-refractivity contribution in [3.63, 3.8) is 0 Å². The largest absolute Gasteiger partial charge is 0.368 e. The van der Waals surface area contributed by atoms with Crippen molar-refractivity contribution in [1.29, 1.82) is 5.26 Å². The van der Waals surface area contributed by atoms with Crippen LogP contribution < -0.4 is 22.2 Å². The molecule has 0 aliphatic heterocycles. The Hall–Kier alpha value is -5.23. The molecule has 1 atom stereocenters. The Morgan fingerprint density at radius 3 is 2.57 bits per heavy atom. The van der Waals surface area contributed by atoms with Crippen LogP contribution in [0.2, 0.25) is 0 Å². The van der Waals surface area contributed by atoms with E-state index in [1.807, 2.05) is 61.5 Å². The number of aryl methyl sites for hydroxylation is 1. The molecule has 0 unspecified atom stereocenters. The highest BCUT2D eigenvalue weighted by molar-refractivity contribution is 5.96. The second-order valence-corrected chi connectivity index (χ2v) is 8.65. The lowest BCUT2D eigenvalue weighted by molar-refractivity contribution is 0.772. The molecule has 0 spiro atoms. The molecule has 5 rings (SSSR count). The van der Waals surface area contributed by atoms with Crippen LogP contribution in [-0.2, 0) is 7.05 Å². The van der Waals surface area contributed by atoms with Gasteiger partial charge in [-0.3, -0.25) is 14.2 Å². The third kappa shape index (κ3) is 4.32. The number of rotatable bonds is 5. The van der Waals surface area contributed by atoms with Crippen LogP contribution in [0.4, 0.5) is 11.8 Å². The number of hydrogen-bond donors (Lipinski definition) is 2. The maximum absolute atomic E-state index is 14.2. The fourth-order valence-electron chi connectivity index (χ4n) is 4.40. The third-order valence-corrected chi connectivity index (χ3v) is 6.21. The van der Waals surface area contributed by atoms with Crippen LogP contribution in [-0.4, -0.2) is 19.1 Å². The summed E-state index contributed by atoms with van der Waals surface area (Å²) in [7, 11) is 1.68. The Bertz CT molecular complexity index is 1800. The molecule has 2 aromatic carbocycles. The molecule has 0 radical (unpaired) electrons. The van der Waals surface area contributed by atoms with E-state index in [1.54, 1.807) is 23.9 Å². The van der Waals surface area contributed by atoms with Gasteiger partial charge in [-0.05, 0) is 47.7 Å². The summed E-state index contributed by atoms with van der Waals surface area (Å²) in [5, 5.41) is 14.0. The quantitative estimate of drug-likeness (QED) is 0.384. The number of para-hydroxylation sites is 1. The molecular formula is C28H23N7O2. The fraction of sp³-hybridized carbons (Fsp3) is 0.107. The van der Waals surface area contributed by atoms with Crippen molar-refractivity contribution in [3.8, 4) is 22.9 Å². The lowest BCUT2D eigenvalue weighted by Gasteiger charge is -2.22. The van der Waals surface area contributed by atoms with Gasteiger partial charge in [0.15, 0.2) is 0 Å². The fourth-order valence-corrected chi connectivity index (χ4v) is 4.40. The number of nitriles is 1. The van der Waals surface area contributed by atoms with Crippen LogP contribution in [0.5, 0.6) is 0 Å². The number of hydrogen-bond acceptors (Lipinski definition) is 7. The van der Waals surface area contributed by atoms with Gasteiger partial charge >= 0.3 is 0 Å². The summed E-state index contributed by atoms with van der Waals surface area (Å²) in [6.45, 7) is 1.89. The predicted octanol–water partition coefficient (Wildman–Crippen LogP) is 3.77. The van der Waals surface area contributed by atoms with E-state index in [4.69, 9.17) is 5.73 Å². The van der Waals surface area contributed by atoms with Crippen LogP contribution in [0.15, 0.2) is 88.7 Å². The smallest absolute Gasteiger partial charge is 0.263 e. The summed E-state index contributed by atoms with van der Waals surface area (Å²) in [6, 6.07) is 21.8. The summed E-state index contributed by atoms with van der Waals surface area (Å²) < 4.78 is 3.15. The first-order valence-corrected chi connectivity index (χ1v) is 11.6. The molecule has 0 bridgehead atoms. The van der Waals surface area contributed by atoms with Crippen LogP contribution in [0.3, 0.4) is 0 Å². The first-order chi connectivity index (χ1) is 17.9. The molecule has 3 heterocycles. The number of pyridine rings is 2. The van der Waals surface area contributed by atoms with Crippen molar-refractivity contribution in [3.05, 3.63) is 111 Å². The molecule has 9 heteroatoms. The van der Waals surface area contributed by atoms with Gasteiger partial charge in [0.05, 0.1) is 17.6 Å². The van der Waals surface area contributed by atoms with Gasteiger partial charge in [0.1, 0.15) is 17.5 Å². The Kier molecular flexibility index (Phi) is 5.99. The molecule has 9 nitrogen and oxygen atoms in total. The standard InChI is InChI=1S/C28H23N7O2/c1-17(32-26-20(14-29)15-31-28(30)33-26)23-13-18-7-6-10-22(19-11-12-24(36)34(2)16-19)25(18)27(37)35(23)21-8-4-3-5-9-21/h3-13,15-17H,1-2H3,(H3,30,31,32,33)/t17-/m0/s1. The highest BCUT2D eigenvalue weighted by atomic mass is 16.1. The van der Waals surface area contributed by atoms with Crippen molar-refractivity contribution >= 4 is 22.5 Å². The van der Waals surface area contributed by atoms with E-state index in [1.165, 1.54) is 16.8 Å². The minimum Gasteiger partial charge on any atom is -0.368 e. The lowest BCUT2D eigenvalue weighted by atomic mass is 9.98. The topological polar surface area (TPSA) is 132 Å². The Morgan fingerprint density at radius 2 is 1.84 bits per heavy atom. The average molecular weight is 490 g/mol. The lowest BCUT2D eigenvalue weighted by Crippen LogP contribution is -2.26. The van der Waals surface area contributed by atoms with E-state index in [2.05, 4.69) is 21.4 Å². The van der Waals surface area contributed by atoms with E-state index in [0.717, 1.165) is 16.5 Å². The van der Waals surface area contributed by atoms with Gasteiger partial charge in [-0.1, -0.05) is 36.4 Å². The number of nitrogens with two attached hydrogens (primary N) is 1. The second-order valence-electron chi connectivity index (χ2n) is 8.65. The molecule has 0 fully saturated rings. The van der Waals surface area contributed by atoms with Crippen LogP contribution in [0, 0.1) is 11.3 Å². The summed E-state index contributed by atoms with van der Waals surface area (Å²) in [6.07, 6.45) is 3.09. The molecule has 0 aliphatic carbocycles. The van der Waals surface area contributed by atoms with Crippen LogP contribution in [0.25, 0.3) is 27.6 Å². The van der Waals surface area contributed by atoms with E-state index >= 15 is 0 Å². The number of nitrogens with zero attached hydrogens (tertiary/aromatic N) is 5. The Balaban J connectivity index is 1.76. The molecule has 3 aromatic heterocycles. The number of nitrogens with one attached hydrogen (secondary N) is 1. The number of fused-ring (bicyclic) bond motifs is 1. The Labute approximate surface area is 212 Å². The minimum atomic E-state index is -0.431. The average Bonchev–Trinajstić information content (AvgIpc) is 2.90. The summed E-state index contributed by atoms with van der Waals surface area (Å²) >= 11 is 0. The number of aromatic nitrogens is 4. The van der Waals surface area contributed by atoms with Gasteiger partial charge in [-0.2, -0.15) is 10.2 Å². The Morgan fingerprint density at radius 1 is 1.05 bits per heavy atom. The first kappa shape index (κ1) is 23.5. The molecule has 0 aliphatic rings. The second kappa shape index (κ2) is 9.43. The van der Waals surface area contributed by atoms with Gasteiger partial charge in [0.2, 0.25) is 11.5 Å². The van der Waals surface area contributed by atoms with Crippen LogP contribution in [0.1, 0.15) is 24.2 Å². The zero-order chi connectivity index (χ0) is 26.1. The highest BCUT2D eigenvalue weighted by Crippen LogP contribution is 2.30. The molecule has 5 aromatic rings. The molecule has 0 saturated heterocycles. The monoisotopic (exact) mass is 489 g/mol. The molecular weight excluding hydrogens is 466 g/mol. The van der Waals surface area contributed by atoms with Gasteiger partial charge in [0, 0.05) is 30.7 Å². The van der Waals surface area contributed by atoms with Crippen molar-refractivity contribution in [1.82, 2.24) is 19.1 Å². The first-order valence-electron chi connectivity index (χ1n) is 11.6. The van der Waals surface area contributed by atoms with Gasteiger partial charge in [-0.15, -0.1) is 0 Å². The number of nitrogen functional groups attached to an aromatic ring is 1. The highest BCUT2D eigenvalue weighted by Gasteiger charge is 2.20. The van der Waals surface area contributed by atoms with Crippen molar-refractivity contribution < 1.29 is 0 Å². The zero-order valence-corrected chi connectivity index (χ0v) is 20.2. The van der Waals surface area contributed by atoms with E-state index in [9.17, 15) is 14.9 Å². The third-order valence-electron chi connectivity index (χ3n) is 6.21. The van der Waals surface area contributed by atoms with Gasteiger partial charge < -0.3 is 15.6 Å². The number of anilines is 2. The van der Waals surface area contributed by atoms with E-state index < -0.39 is 6.04 Å². The van der Waals surface area contributed by atoms with Crippen molar-refractivity contribution in [2.24, 2.45) is 7.05 Å². The maximum Gasteiger partial charge on any atom is 0.263 e. The maximum atomic E-state index is 14.2. The SMILES string of the molecule is C[C@H](Nc1nc(N)ncc1C#N)c1cc2cccc(-c3ccc(=O)n(C)c3)c2c(=O)n1-c1ccccc1. The van der Waals surface area contributed by atoms with Gasteiger partial charge in [-0.25, -0.2) is 4.98 Å². The van der Waals surface area contributed by atoms with Crippen molar-refractivity contribution in [2.75, 3.05) is 11.1 Å². The molecule has 37 heavy (non-hydrogen) atoms. The minimum absolute atomic E-state index is 0.0366. The summed E-state index contributed by atoms with van der Waals surface area (Å²) in [4.78, 5) is 34.2. The number of benzene rings is 2. The zero-order valence-electron chi connectivity index (χ0n) is 20.2. The van der Waals surface area contributed by atoms with Crippen LogP contribution >= 0.6 is 0 Å². The molecule has 0 amide bonds. The summed E-state index contributed by atoms with van der Waals surface area (Å²) in [5.74, 6) is 0.322. The van der Waals surface area contributed by atoms with E-state index in [-0.39, 0.29) is 28.4 Å². The molecule has 0 saturated carbocycles. The van der Waals surface area contributed by atoms with Crippen molar-refractivity contribution in [2.45, 2.75) is 13.0 Å². The van der Waals surface area contributed by atoms with E-state index in [0.29, 0.717) is 16.8 Å². The molecule has 3 N–H and O–H groups in total. The summed E-state index contributed by atoms with van der Waals surface area (Å²) in [5.41, 5.74) is 8.51. The predicted molar refractivity (Wildman–Crippen MR) is 143 cm³/mol.